The van der Waals surface area contributed by atoms with Crippen molar-refractivity contribution in [2.75, 3.05) is 0 Å². The fraction of sp³-hybridized carbons (Fsp3) is 0. The number of carboxylic acids is 1. The van der Waals surface area contributed by atoms with Gasteiger partial charge in [0.2, 0.25) is 0 Å². The first-order valence-electron chi connectivity index (χ1n) is 3.74. The van der Waals surface area contributed by atoms with Crippen LogP contribution in [0.25, 0.3) is 10.1 Å². The number of hydrogen-bond acceptors (Lipinski definition) is 3. The van der Waals surface area contributed by atoms with Crippen molar-refractivity contribution in [3.05, 3.63) is 27.3 Å². The van der Waals surface area contributed by atoms with Crippen LogP contribution in [-0.4, -0.2) is 11.1 Å². The molecular formula is C9H5IO2S2. The highest BCUT2D eigenvalue weighted by atomic mass is 127. The predicted octanol–water partition coefficient (Wildman–Crippen LogP) is 3.49. The zero-order valence-corrected chi connectivity index (χ0v) is 10.7. The standard InChI is InChI=1S/C9H5IO2S2/c10-7-5-2-1-4(8(11)12)3-6(5)14-9(7)13/h1-3,13H,(H,11,12). The van der Waals surface area contributed by atoms with Gasteiger partial charge in [0.15, 0.2) is 0 Å². The highest BCUT2D eigenvalue weighted by molar-refractivity contribution is 14.1. The van der Waals surface area contributed by atoms with E-state index in [9.17, 15) is 4.79 Å². The molecule has 72 valence electrons. The number of rotatable bonds is 1. The van der Waals surface area contributed by atoms with Crippen molar-refractivity contribution in [2.45, 2.75) is 4.21 Å². The Kier molecular flexibility index (Phi) is 2.72. The van der Waals surface area contributed by atoms with Crippen LogP contribution in [0.15, 0.2) is 22.4 Å². The van der Waals surface area contributed by atoms with E-state index in [0.29, 0.717) is 5.56 Å². The summed E-state index contributed by atoms with van der Waals surface area (Å²) in [6.45, 7) is 0. The Bertz CT molecular complexity index is 519. The van der Waals surface area contributed by atoms with Gasteiger partial charge >= 0.3 is 5.97 Å². The Balaban J connectivity index is 2.73. The van der Waals surface area contributed by atoms with Crippen molar-refractivity contribution >= 4 is 62.6 Å². The van der Waals surface area contributed by atoms with Gasteiger partial charge in [-0.3, -0.25) is 0 Å². The van der Waals surface area contributed by atoms with Gasteiger partial charge < -0.3 is 5.11 Å². The van der Waals surface area contributed by atoms with Crippen LogP contribution in [0, 0.1) is 3.57 Å². The van der Waals surface area contributed by atoms with E-state index in [1.807, 2.05) is 6.07 Å². The van der Waals surface area contributed by atoms with Crippen molar-refractivity contribution in [3.8, 4) is 0 Å². The summed E-state index contributed by atoms with van der Waals surface area (Å²) < 4.78 is 2.99. The van der Waals surface area contributed by atoms with Crippen LogP contribution in [0.2, 0.25) is 0 Å². The maximum atomic E-state index is 10.7. The number of fused-ring (bicyclic) bond motifs is 1. The molecule has 0 amide bonds. The van der Waals surface area contributed by atoms with E-state index in [4.69, 9.17) is 5.11 Å². The second kappa shape index (κ2) is 3.71. The van der Waals surface area contributed by atoms with Crippen molar-refractivity contribution in [1.29, 1.82) is 0 Å². The number of halogens is 1. The number of benzene rings is 1. The first-order valence-corrected chi connectivity index (χ1v) is 6.08. The molecule has 0 saturated carbocycles. The van der Waals surface area contributed by atoms with Crippen LogP contribution in [0.4, 0.5) is 0 Å². The summed E-state index contributed by atoms with van der Waals surface area (Å²) in [6.07, 6.45) is 0. The second-order valence-electron chi connectivity index (χ2n) is 2.74. The van der Waals surface area contributed by atoms with E-state index >= 15 is 0 Å². The molecule has 1 aromatic heterocycles. The summed E-state index contributed by atoms with van der Waals surface area (Å²) in [7, 11) is 0. The van der Waals surface area contributed by atoms with Crippen LogP contribution in [-0.2, 0) is 0 Å². The van der Waals surface area contributed by atoms with E-state index < -0.39 is 5.97 Å². The van der Waals surface area contributed by atoms with Gasteiger partial charge in [-0.05, 0) is 34.7 Å². The average molecular weight is 336 g/mol. The van der Waals surface area contributed by atoms with Gasteiger partial charge in [-0.1, -0.05) is 6.07 Å². The third-order valence-corrected chi connectivity index (χ3v) is 5.23. The summed E-state index contributed by atoms with van der Waals surface area (Å²) in [5.41, 5.74) is 0.323. The molecule has 0 unspecified atom stereocenters. The van der Waals surface area contributed by atoms with Crippen LogP contribution < -0.4 is 0 Å². The van der Waals surface area contributed by atoms with E-state index in [1.54, 1.807) is 12.1 Å². The average Bonchev–Trinajstić information content (AvgIpc) is 2.42. The highest BCUT2D eigenvalue weighted by Crippen LogP contribution is 2.35. The largest absolute Gasteiger partial charge is 0.478 e. The predicted molar refractivity (Wildman–Crippen MR) is 68.8 cm³/mol. The summed E-state index contributed by atoms with van der Waals surface area (Å²) in [5.74, 6) is -0.893. The Labute approximate surface area is 103 Å². The Hall–Kier alpha value is -0.270. The fourth-order valence-corrected chi connectivity index (χ4v) is 3.46. The monoisotopic (exact) mass is 336 g/mol. The quantitative estimate of drug-likeness (QED) is 0.618. The van der Waals surface area contributed by atoms with Crippen LogP contribution in [0.5, 0.6) is 0 Å². The van der Waals surface area contributed by atoms with Gasteiger partial charge in [-0.25, -0.2) is 4.79 Å². The summed E-state index contributed by atoms with van der Waals surface area (Å²) >= 11 is 8.02. The Morgan fingerprint density at radius 3 is 2.86 bits per heavy atom. The molecule has 2 rings (SSSR count). The van der Waals surface area contributed by atoms with Gasteiger partial charge in [-0.15, -0.1) is 24.0 Å². The van der Waals surface area contributed by atoms with Gasteiger partial charge in [0.1, 0.15) is 0 Å². The zero-order chi connectivity index (χ0) is 10.3. The lowest BCUT2D eigenvalue weighted by atomic mass is 10.2. The molecule has 1 aromatic carbocycles. The van der Waals surface area contributed by atoms with Gasteiger partial charge in [0.05, 0.1) is 9.77 Å². The maximum absolute atomic E-state index is 10.7. The fourth-order valence-electron chi connectivity index (χ4n) is 1.19. The lowest BCUT2D eigenvalue weighted by Gasteiger charge is -1.94. The first kappa shape index (κ1) is 10.3. The molecule has 0 bridgehead atoms. The number of thiophene rings is 1. The minimum absolute atomic E-state index is 0.323. The summed E-state index contributed by atoms with van der Waals surface area (Å²) in [5, 5.41) is 9.88. The molecule has 0 aliphatic heterocycles. The first-order chi connectivity index (χ1) is 6.59. The maximum Gasteiger partial charge on any atom is 0.335 e. The molecule has 14 heavy (non-hydrogen) atoms. The van der Waals surface area contributed by atoms with Crippen molar-refractivity contribution in [3.63, 3.8) is 0 Å². The van der Waals surface area contributed by atoms with E-state index in [0.717, 1.165) is 17.9 Å². The topological polar surface area (TPSA) is 37.3 Å². The molecule has 0 spiro atoms. The summed E-state index contributed by atoms with van der Waals surface area (Å²) in [6, 6.07) is 5.13. The number of aromatic carboxylic acids is 1. The Morgan fingerprint density at radius 1 is 1.50 bits per heavy atom. The molecule has 5 heteroatoms. The van der Waals surface area contributed by atoms with Gasteiger partial charge in [-0.2, -0.15) is 0 Å². The molecule has 2 aromatic rings. The third-order valence-electron chi connectivity index (χ3n) is 1.86. The normalized spacial score (nSPS) is 10.7. The molecule has 0 radical (unpaired) electrons. The Morgan fingerprint density at radius 2 is 2.21 bits per heavy atom. The molecule has 1 N–H and O–H groups in total. The minimum atomic E-state index is -0.893. The SMILES string of the molecule is O=C(O)c1ccc2c(I)c(S)sc2c1. The molecule has 1 heterocycles. The minimum Gasteiger partial charge on any atom is -0.478 e. The van der Waals surface area contributed by atoms with Crippen LogP contribution in [0.1, 0.15) is 10.4 Å². The number of thiol groups is 1. The smallest absolute Gasteiger partial charge is 0.335 e. The second-order valence-corrected chi connectivity index (χ2v) is 5.62. The van der Waals surface area contributed by atoms with Crippen molar-refractivity contribution in [2.24, 2.45) is 0 Å². The van der Waals surface area contributed by atoms with Crippen LogP contribution >= 0.6 is 46.6 Å². The van der Waals surface area contributed by atoms with Crippen LogP contribution in [0.3, 0.4) is 0 Å². The molecule has 0 atom stereocenters. The molecule has 0 saturated heterocycles. The summed E-state index contributed by atoms with van der Waals surface area (Å²) in [4.78, 5) is 10.7. The number of carbonyl (C=O) groups is 1. The van der Waals surface area contributed by atoms with E-state index in [-0.39, 0.29) is 0 Å². The molecule has 0 aliphatic carbocycles. The molecule has 2 nitrogen and oxygen atoms in total. The molecule has 0 aliphatic rings. The van der Waals surface area contributed by atoms with E-state index in [2.05, 4.69) is 35.2 Å². The lowest BCUT2D eigenvalue weighted by molar-refractivity contribution is 0.0697. The lowest BCUT2D eigenvalue weighted by Crippen LogP contribution is -1.94. The van der Waals surface area contributed by atoms with Crippen molar-refractivity contribution < 1.29 is 9.90 Å². The van der Waals surface area contributed by atoms with Crippen molar-refractivity contribution in [1.82, 2.24) is 0 Å². The highest BCUT2D eigenvalue weighted by Gasteiger charge is 2.09. The zero-order valence-electron chi connectivity index (χ0n) is 6.82. The van der Waals surface area contributed by atoms with Gasteiger partial charge in [0.25, 0.3) is 0 Å². The number of carboxylic acid groups (broad SMARTS) is 1. The third kappa shape index (κ3) is 1.64. The van der Waals surface area contributed by atoms with Gasteiger partial charge in [0, 0.05) is 13.7 Å². The number of hydrogen-bond donors (Lipinski definition) is 2. The van der Waals surface area contributed by atoms with E-state index in [1.165, 1.54) is 11.3 Å². The molecular weight excluding hydrogens is 331 g/mol. The molecule has 0 fully saturated rings.